The van der Waals surface area contributed by atoms with Gasteiger partial charge in [-0.05, 0) is 67.7 Å². The molecule has 3 aliphatic rings. The molecule has 1 aliphatic carbocycles. The normalized spacial score (nSPS) is 29.3. The van der Waals surface area contributed by atoms with Crippen LogP contribution in [0.25, 0.3) is 0 Å². The largest absolute Gasteiger partial charge is 0.475 e. The topological polar surface area (TPSA) is 69.4 Å². The van der Waals surface area contributed by atoms with Crippen molar-refractivity contribution in [2.24, 2.45) is 17.8 Å². The van der Waals surface area contributed by atoms with E-state index in [4.69, 9.17) is 31.9 Å². The minimum atomic E-state index is -0.443. The Morgan fingerprint density at radius 2 is 2.00 bits per heavy atom. The fraction of sp³-hybridized carbons (Fsp3) is 0.565. The van der Waals surface area contributed by atoms with Crippen molar-refractivity contribution < 1.29 is 13.9 Å². The quantitative estimate of drug-likeness (QED) is 0.511. The molecule has 4 atom stereocenters. The van der Waals surface area contributed by atoms with Crippen molar-refractivity contribution in [3.8, 4) is 0 Å². The van der Waals surface area contributed by atoms with Crippen molar-refractivity contribution in [1.82, 2.24) is 4.90 Å². The number of halogens is 2. The highest BCUT2D eigenvalue weighted by molar-refractivity contribution is 6.34. The molecule has 3 fully saturated rings. The van der Waals surface area contributed by atoms with E-state index in [-0.39, 0.29) is 17.7 Å². The van der Waals surface area contributed by atoms with E-state index in [0.29, 0.717) is 28.3 Å². The zero-order valence-electron chi connectivity index (χ0n) is 17.1. The van der Waals surface area contributed by atoms with E-state index in [1.54, 1.807) is 0 Å². The number of rotatable bonds is 6. The molecule has 1 saturated carbocycles. The third-order valence-corrected chi connectivity index (χ3v) is 6.80. The Kier molecular flexibility index (Phi) is 6.86. The zero-order valence-corrected chi connectivity index (χ0v) is 17.8. The van der Waals surface area contributed by atoms with Crippen LogP contribution in [0, 0.1) is 34.4 Å². The molecule has 1 aromatic rings. The second-order valence-electron chi connectivity index (χ2n) is 8.77. The molecule has 162 valence electrons. The van der Waals surface area contributed by atoms with Gasteiger partial charge in [0.1, 0.15) is 11.9 Å². The van der Waals surface area contributed by atoms with Gasteiger partial charge in [0, 0.05) is 37.9 Å². The first-order chi connectivity index (χ1) is 14.5. The van der Waals surface area contributed by atoms with Crippen LogP contribution in [0.15, 0.2) is 30.4 Å². The average molecular weight is 434 g/mol. The summed E-state index contributed by atoms with van der Waals surface area (Å²) in [6.45, 7) is 5.19. The van der Waals surface area contributed by atoms with Gasteiger partial charge in [-0.3, -0.25) is 5.41 Å². The zero-order chi connectivity index (χ0) is 21.1. The third kappa shape index (κ3) is 5.29. The number of benzene rings is 1. The molecular weight excluding hydrogens is 405 g/mol. The van der Waals surface area contributed by atoms with Gasteiger partial charge in [0.25, 0.3) is 0 Å². The van der Waals surface area contributed by atoms with Crippen LogP contribution in [0.5, 0.6) is 0 Å². The SMILES string of the molecule is N=C(/C=C\C(=N)c1cc(F)ccc1Cl)O[C@@H]1CC2CN(CC3CCCOC3)C[C@@H]2C1. The molecule has 0 bridgehead atoms. The number of fused-ring (bicyclic) bond motifs is 1. The van der Waals surface area contributed by atoms with Gasteiger partial charge >= 0.3 is 0 Å². The standard InChI is InChI=1S/C23H29ClFN3O2/c24-21-4-3-18(25)10-20(21)22(26)5-6-23(27)30-19-8-16-12-28(13-17(16)9-19)11-15-2-1-7-29-14-15/h3-6,10,15-17,19,26-27H,1-2,7-9,11-14H2/b6-5-,26-22?,27-23?/t15?,16-,17?,19-/m0/s1. The summed E-state index contributed by atoms with van der Waals surface area (Å²) in [4.78, 5) is 2.58. The van der Waals surface area contributed by atoms with Crippen LogP contribution in [0.3, 0.4) is 0 Å². The first-order valence-electron chi connectivity index (χ1n) is 10.8. The fourth-order valence-electron chi connectivity index (χ4n) is 5.07. The summed E-state index contributed by atoms with van der Waals surface area (Å²) >= 11 is 6.03. The molecule has 2 N–H and O–H groups in total. The summed E-state index contributed by atoms with van der Waals surface area (Å²) in [6, 6.07) is 3.91. The van der Waals surface area contributed by atoms with Gasteiger partial charge < -0.3 is 19.8 Å². The van der Waals surface area contributed by atoms with Crippen LogP contribution in [0.4, 0.5) is 4.39 Å². The number of allylic oxidation sites excluding steroid dienone is 1. The summed E-state index contributed by atoms with van der Waals surface area (Å²) in [7, 11) is 0. The molecule has 5 nitrogen and oxygen atoms in total. The van der Waals surface area contributed by atoms with E-state index >= 15 is 0 Å². The summed E-state index contributed by atoms with van der Waals surface area (Å²) in [5.74, 6) is 1.54. The maximum Gasteiger partial charge on any atom is 0.206 e. The number of hydrogen-bond acceptors (Lipinski definition) is 5. The molecule has 7 heteroatoms. The van der Waals surface area contributed by atoms with Gasteiger partial charge in [-0.1, -0.05) is 11.6 Å². The number of hydrogen-bond donors (Lipinski definition) is 2. The van der Waals surface area contributed by atoms with Crippen LogP contribution in [-0.2, 0) is 9.47 Å². The van der Waals surface area contributed by atoms with Crippen LogP contribution in [-0.4, -0.2) is 55.5 Å². The molecule has 2 aliphatic heterocycles. The van der Waals surface area contributed by atoms with Gasteiger partial charge in [0.15, 0.2) is 0 Å². The Labute approximate surface area is 182 Å². The lowest BCUT2D eigenvalue weighted by Gasteiger charge is -2.27. The van der Waals surface area contributed by atoms with E-state index in [1.165, 1.54) is 43.2 Å². The van der Waals surface area contributed by atoms with Gasteiger partial charge in [-0.2, -0.15) is 0 Å². The number of nitrogens with one attached hydrogen (secondary N) is 2. The van der Waals surface area contributed by atoms with Crippen molar-refractivity contribution in [2.45, 2.75) is 31.8 Å². The van der Waals surface area contributed by atoms with E-state index in [9.17, 15) is 4.39 Å². The molecule has 0 spiro atoms. The van der Waals surface area contributed by atoms with Gasteiger partial charge in [0.05, 0.1) is 17.3 Å². The summed E-state index contributed by atoms with van der Waals surface area (Å²) in [5.41, 5.74) is 0.359. The molecule has 0 radical (unpaired) electrons. The Hall–Kier alpha value is -1.76. The number of ether oxygens (including phenoxy) is 2. The smallest absolute Gasteiger partial charge is 0.206 e. The Balaban J connectivity index is 1.22. The lowest BCUT2D eigenvalue weighted by Crippen LogP contribution is -2.33. The lowest BCUT2D eigenvalue weighted by molar-refractivity contribution is 0.0400. The van der Waals surface area contributed by atoms with Crippen LogP contribution in [0.2, 0.25) is 5.02 Å². The van der Waals surface area contributed by atoms with Crippen molar-refractivity contribution in [1.29, 1.82) is 10.8 Å². The highest BCUT2D eigenvalue weighted by Crippen LogP contribution is 2.40. The Bertz CT molecular complexity index is 811. The predicted molar refractivity (Wildman–Crippen MR) is 116 cm³/mol. The van der Waals surface area contributed by atoms with Gasteiger partial charge in [0.2, 0.25) is 5.90 Å². The van der Waals surface area contributed by atoms with E-state index in [0.717, 1.165) is 45.7 Å². The van der Waals surface area contributed by atoms with E-state index < -0.39 is 5.82 Å². The molecule has 2 saturated heterocycles. The Morgan fingerprint density at radius 3 is 2.70 bits per heavy atom. The average Bonchev–Trinajstić information content (AvgIpc) is 3.26. The molecule has 0 amide bonds. The third-order valence-electron chi connectivity index (χ3n) is 6.47. The first-order valence-corrected chi connectivity index (χ1v) is 11.1. The van der Waals surface area contributed by atoms with Crippen LogP contribution in [0.1, 0.15) is 31.2 Å². The minimum Gasteiger partial charge on any atom is -0.475 e. The van der Waals surface area contributed by atoms with E-state index in [2.05, 4.69) is 4.90 Å². The number of likely N-dealkylation sites (tertiary alicyclic amines) is 1. The number of nitrogens with zero attached hydrogens (tertiary/aromatic N) is 1. The van der Waals surface area contributed by atoms with Crippen LogP contribution >= 0.6 is 11.6 Å². The minimum absolute atomic E-state index is 0.0356. The molecule has 2 unspecified atom stereocenters. The maximum atomic E-state index is 13.4. The maximum absolute atomic E-state index is 13.4. The van der Waals surface area contributed by atoms with Crippen molar-refractivity contribution >= 4 is 23.2 Å². The predicted octanol–water partition coefficient (Wildman–Crippen LogP) is 4.53. The highest BCUT2D eigenvalue weighted by Gasteiger charge is 2.42. The summed E-state index contributed by atoms with van der Waals surface area (Å²) in [5, 5.41) is 16.5. The van der Waals surface area contributed by atoms with Gasteiger partial charge in [-0.25, -0.2) is 4.39 Å². The molecule has 2 heterocycles. The first kappa shape index (κ1) is 21.5. The van der Waals surface area contributed by atoms with Gasteiger partial charge in [-0.15, -0.1) is 0 Å². The van der Waals surface area contributed by atoms with Crippen molar-refractivity contribution in [3.63, 3.8) is 0 Å². The van der Waals surface area contributed by atoms with Crippen molar-refractivity contribution in [3.05, 3.63) is 46.8 Å². The summed E-state index contributed by atoms with van der Waals surface area (Å²) in [6.07, 6.45) is 7.36. The monoisotopic (exact) mass is 433 g/mol. The van der Waals surface area contributed by atoms with Crippen molar-refractivity contribution in [2.75, 3.05) is 32.8 Å². The molecular formula is C23H29ClFN3O2. The molecule has 4 rings (SSSR count). The second kappa shape index (κ2) is 9.58. The Morgan fingerprint density at radius 1 is 1.23 bits per heavy atom. The fourth-order valence-corrected chi connectivity index (χ4v) is 5.29. The second-order valence-corrected chi connectivity index (χ2v) is 9.18. The molecule has 30 heavy (non-hydrogen) atoms. The van der Waals surface area contributed by atoms with E-state index in [1.807, 2.05) is 0 Å². The lowest BCUT2D eigenvalue weighted by atomic mass is 10.0. The summed E-state index contributed by atoms with van der Waals surface area (Å²) < 4.78 is 24.8. The molecule has 0 aromatic heterocycles. The van der Waals surface area contributed by atoms with Crippen LogP contribution < -0.4 is 0 Å². The highest BCUT2D eigenvalue weighted by atomic mass is 35.5. The molecule has 1 aromatic carbocycles.